The van der Waals surface area contributed by atoms with E-state index in [1.165, 1.54) is 32.1 Å². The summed E-state index contributed by atoms with van der Waals surface area (Å²) in [6, 6.07) is 4.26. The summed E-state index contributed by atoms with van der Waals surface area (Å²) >= 11 is 0. The molecule has 1 aliphatic rings. The molecule has 0 aromatic carbocycles. The van der Waals surface area contributed by atoms with Crippen molar-refractivity contribution in [2.45, 2.75) is 38.1 Å². The molecule has 1 saturated carbocycles. The number of hydrogen-bond donors (Lipinski definition) is 1. The van der Waals surface area contributed by atoms with E-state index in [1.807, 2.05) is 12.1 Å². The summed E-state index contributed by atoms with van der Waals surface area (Å²) in [5, 5.41) is 3.44. The quantitative estimate of drug-likeness (QED) is 0.876. The van der Waals surface area contributed by atoms with Crippen LogP contribution in [0.15, 0.2) is 18.3 Å². The molecule has 1 aromatic heterocycles. The lowest BCUT2D eigenvalue weighted by Crippen LogP contribution is -2.41. The molecule has 0 saturated heterocycles. The van der Waals surface area contributed by atoms with Crippen molar-refractivity contribution in [3.63, 3.8) is 0 Å². The number of carbonyl (C=O) groups excluding carboxylic acids is 1. The van der Waals surface area contributed by atoms with Gasteiger partial charge in [-0.05, 0) is 45.0 Å². The van der Waals surface area contributed by atoms with Crippen LogP contribution in [0.3, 0.4) is 0 Å². The number of amides is 1. The van der Waals surface area contributed by atoms with E-state index in [0.717, 1.165) is 18.3 Å². The van der Waals surface area contributed by atoms with Gasteiger partial charge in [0, 0.05) is 32.9 Å². The number of anilines is 1. The Morgan fingerprint density at radius 2 is 1.91 bits per heavy atom. The molecule has 0 bridgehead atoms. The van der Waals surface area contributed by atoms with Crippen LogP contribution in [0.5, 0.6) is 0 Å². The third kappa shape index (κ3) is 4.93. The van der Waals surface area contributed by atoms with Crippen LogP contribution in [0.25, 0.3) is 0 Å². The van der Waals surface area contributed by atoms with E-state index in [0.29, 0.717) is 11.6 Å². The fraction of sp³-hybridized carbons (Fsp3) is 0.667. The number of hydrogen-bond acceptors (Lipinski definition) is 4. The lowest BCUT2D eigenvalue weighted by molar-refractivity contribution is 0.0827. The number of nitrogens with one attached hydrogen (secondary N) is 1. The van der Waals surface area contributed by atoms with E-state index in [4.69, 9.17) is 0 Å². The zero-order valence-corrected chi connectivity index (χ0v) is 14.9. The van der Waals surface area contributed by atoms with E-state index in [-0.39, 0.29) is 5.91 Å². The van der Waals surface area contributed by atoms with Crippen molar-refractivity contribution in [2.75, 3.05) is 40.1 Å². The average molecular weight is 318 g/mol. The van der Waals surface area contributed by atoms with E-state index in [1.54, 1.807) is 25.2 Å². The van der Waals surface area contributed by atoms with Gasteiger partial charge in [-0.2, -0.15) is 0 Å². The van der Waals surface area contributed by atoms with Gasteiger partial charge < -0.3 is 15.1 Å². The zero-order valence-electron chi connectivity index (χ0n) is 14.9. The Hall–Kier alpha value is -1.62. The molecule has 5 nitrogen and oxygen atoms in total. The third-order valence-corrected chi connectivity index (χ3v) is 4.77. The van der Waals surface area contributed by atoms with E-state index >= 15 is 0 Å². The second-order valence-electron chi connectivity index (χ2n) is 6.94. The molecule has 0 radical (unpaired) electrons. The predicted molar refractivity (Wildman–Crippen MR) is 94.8 cm³/mol. The molecule has 0 unspecified atom stereocenters. The molecule has 1 amide bonds. The van der Waals surface area contributed by atoms with Crippen LogP contribution >= 0.6 is 0 Å². The van der Waals surface area contributed by atoms with Gasteiger partial charge in [0.2, 0.25) is 0 Å². The van der Waals surface area contributed by atoms with Gasteiger partial charge in [0.1, 0.15) is 5.82 Å². The first kappa shape index (κ1) is 17.7. The SMILES string of the molecule is CN(C)C(=O)c1ccc(NC[C@H](C2CCCCC2)N(C)C)nc1. The highest BCUT2D eigenvalue weighted by molar-refractivity contribution is 5.93. The molecule has 1 aromatic rings. The normalized spacial score (nSPS) is 17.1. The summed E-state index contributed by atoms with van der Waals surface area (Å²) in [6.07, 6.45) is 8.40. The van der Waals surface area contributed by atoms with Crippen LogP contribution in [0.1, 0.15) is 42.5 Å². The number of pyridine rings is 1. The van der Waals surface area contributed by atoms with Crippen LogP contribution in [-0.2, 0) is 0 Å². The summed E-state index contributed by atoms with van der Waals surface area (Å²) in [7, 11) is 7.82. The van der Waals surface area contributed by atoms with Gasteiger partial charge in [-0.15, -0.1) is 0 Å². The standard InChI is InChI=1S/C18H30N4O/c1-21(2)16(14-8-6-5-7-9-14)13-20-17-11-10-15(12-19-17)18(23)22(3)4/h10-12,14,16H,5-9,13H2,1-4H3,(H,19,20)/t16-/m1/s1. The minimum absolute atomic E-state index is 0.0163. The fourth-order valence-corrected chi connectivity index (χ4v) is 3.38. The number of aromatic nitrogens is 1. The first-order valence-corrected chi connectivity index (χ1v) is 8.57. The summed E-state index contributed by atoms with van der Waals surface area (Å²) in [5.74, 6) is 1.58. The summed E-state index contributed by atoms with van der Waals surface area (Å²) in [4.78, 5) is 20.1. The predicted octanol–water partition coefficient (Wildman–Crippen LogP) is 2.71. The Morgan fingerprint density at radius 3 is 2.43 bits per heavy atom. The van der Waals surface area contributed by atoms with Crippen molar-refractivity contribution in [1.82, 2.24) is 14.8 Å². The fourth-order valence-electron chi connectivity index (χ4n) is 3.38. The van der Waals surface area contributed by atoms with Crippen LogP contribution in [0.2, 0.25) is 0 Å². The molecule has 128 valence electrons. The van der Waals surface area contributed by atoms with Crippen molar-refractivity contribution < 1.29 is 4.79 Å². The Balaban J connectivity index is 1.93. The van der Waals surface area contributed by atoms with Crippen LogP contribution in [-0.4, -0.2) is 61.5 Å². The molecule has 1 aliphatic carbocycles. The Bertz CT molecular complexity index is 492. The molecule has 2 rings (SSSR count). The molecule has 1 fully saturated rings. The first-order valence-electron chi connectivity index (χ1n) is 8.57. The van der Waals surface area contributed by atoms with Gasteiger partial charge in [0.25, 0.3) is 5.91 Å². The minimum atomic E-state index is -0.0163. The van der Waals surface area contributed by atoms with Gasteiger partial charge in [0.15, 0.2) is 0 Å². The number of nitrogens with zero attached hydrogens (tertiary/aromatic N) is 3. The Kier molecular flexibility index (Phi) is 6.39. The van der Waals surface area contributed by atoms with E-state index < -0.39 is 0 Å². The molecule has 1 atom stereocenters. The number of likely N-dealkylation sites (N-methyl/N-ethyl adjacent to an activating group) is 1. The average Bonchev–Trinajstić information content (AvgIpc) is 2.55. The largest absolute Gasteiger partial charge is 0.368 e. The number of carbonyl (C=O) groups is 1. The molecule has 0 spiro atoms. The molecular formula is C18H30N4O. The smallest absolute Gasteiger partial charge is 0.254 e. The first-order chi connectivity index (χ1) is 11.0. The molecule has 23 heavy (non-hydrogen) atoms. The van der Waals surface area contributed by atoms with Crippen molar-refractivity contribution in [3.8, 4) is 0 Å². The minimum Gasteiger partial charge on any atom is -0.368 e. The van der Waals surface area contributed by atoms with Crippen molar-refractivity contribution in [2.24, 2.45) is 5.92 Å². The Labute approximate surface area is 140 Å². The molecule has 1 heterocycles. The maximum Gasteiger partial charge on any atom is 0.254 e. The van der Waals surface area contributed by atoms with Gasteiger partial charge in [-0.25, -0.2) is 4.98 Å². The van der Waals surface area contributed by atoms with Crippen LogP contribution in [0.4, 0.5) is 5.82 Å². The van der Waals surface area contributed by atoms with E-state index in [2.05, 4.69) is 29.3 Å². The summed E-state index contributed by atoms with van der Waals surface area (Å²) < 4.78 is 0. The summed E-state index contributed by atoms with van der Waals surface area (Å²) in [5.41, 5.74) is 0.622. The zero-order chi connectivity index (χ0) is 16.8. The lowest BCUT2D eigenvalue weighted by atomic mass is 9.83. The molecule has 0 aliphatic heterocycles. The van der Waals surface area contributed by atoms with Crippen LogP contribution in [0, 0.1) is 5.92 Å². The van der Waals surface area contributed by atoms with Gasteiger partial charge in [0.05, 0.1) is 5.56 Å². The highest BCUT2D eigenvalue weighted by Gasteiger charge is 2.25. The van der Waals surface area contributed by atoms with Crippen molar-refractivity contribution in [1.29, 1.82) is 0 Å². The highest BCUT2D eigenvalue weighted by Crippen LogP contribution is 2.28. The second kappa shape index (κ2) is 8.29. The third-order valence-electron chi connectivity index (χ3n) is 4.77. The van der Waals surface area contributed by atoms with Gasteiger partial charge >= 0.3 is 0 Å². The molecule has 5 heteroatoms. The van der Waals surface area contributed by atoms with Crippen LogP contribution < -0.4 is 5.32 Å². The molecule has 1 N–H and O–H groups in total. The van der Waals surface area contributed by atoms with Gasteiger partial charge in [-0.3, -0.25) is 4.79 Å². The maximum absolute atomic E-state index is 11.9. The summed E-state index contributed by atoms with van der Waals surface area (Å²) in [6.45, 7) is 0.894. The second-order valence-corrected chi connectivity index (χ2v) is 6.94. The number of rotatable bonds is 6. The molecular weight excluding hydrogens is 288 g/mol. The van der Waals surface area contributed by atoms with Gasteiger partial charge in [-0.1, -0.05) is 19.3 Å². The topological polar surface area (TPSA) is 48.5 Å². The van der Waals surface area contributed by atoms with Crippen molar-refractivity contribution in [3.05, 3.63) is 23.9 Å². The Morgan fingerprint density at radius 1 is 1.22 bits per heavy atom. The van der Waals surface area contributed by atoms with Crippen molar-refractivity contribution >= 4 is 11.7 Å². The monoisotopic (exact) mass is 318 g/mol. The lowest BCUT2D eigenvalue weighted by Gasteiger charge is -2.35. The van der Waals surface area contributed by atoms with E-state index in [9.17, 15) is 4.79 Å². The highest BCUT2D eigenvalue weighted by atomic mass is 16.2. The maximum atomic E-state index is 11.9.